The van der Waals surface area contributed by atoms with E-state index in [1.807, 2.05) is 0 Å². The molecule has 0 fully saturated rings. The lowest BCUT2D eigenvalue weighted by Crippen LogP contribution is -2.22. The van der Waals surface area contributed by atoms with Crippen LogP contribution in [0.1, 0.15) is 22.7 Å². The van der Waals surface area contributed by atoms with E-state index in [2.05, 4.69) is 192 Å². The van der Waals surface area contributed by atoms with Crippen LogP contribution in [0.2, 0.25) is 0 Å². The van der Waals surface area contributed by atoms with Gasteiger partial charge in [0.25, 0.3) is 0 Å². The Labute approximate surface area is 284 Å². The van der Waals surface area contributed by atoms with Gasteiger partial charge in [-0.1, -0.05) is 152 Å². The molecule has 230 valence electrons. The Morgan fingerprint density at radius 2 is 0.959 bits per heavy atom. The molecule has 10 rings (SSSR count). The maximum atomic E-state index is 3.91. The van der Waals surface area contributed by atoms with Gasteiger partial charge in [0, 0.05) is 21.9 Å². The smallest absolute Gasteiger partial charge is 0.0713 e. The van der Waals surface area contributed by atoms with Gasteiger partial charge in [-0.3, -0.25) is 0 Å². The third kappa shape index (κ3) is 4.42. The van der Waals surface area contributed by atoms with Crippen molar-refractivity contribution in [3.63, 3.8) is 0 Å². The van der Waals surface area contributed by atoms with Crippen LogP contribution in [0.25, 0.3) is 71.1 Å². The molecule has 0 spiro atoms. The highest BCUT2D eigenvalue weighted by molar-refractivity contribution is 6.28. The second-order valence-corrected chi connectivity index (χ2v) is 13.0. The standard InChI is InChI=1S/C47H32N2/c1-3-13-31(14-4-1)35-29-41(34-17-5-2-6-18-34)48-42(30-35)39-25-28-43(40-22-12-11-21-38(39)40)49-44-26-23-32-15-7-9-19-36(32)46(44)47-37-20-10-8-16-33(37)24-27-45(47)49/h1-30,42,48H. The number of aromatic nitrogens is 1. The molecule has 49 heavy (non-hydrogen) atoms. The lowest BCUT2D eigenvalue weighted by Gasteiger charge is -2.27. The molecule has 1 aromatic heterocycles. The van der Waals surface area contributed by atoms with E-state index in [0.29, 0.717) is 0 Å². The first-order valence-corrected chi connectivity index (χ1v) is 17.0. The van der Waals surface area contributed by atoms with Crippen molar-refractivity contribution in [3.8, 4) is 5.69 Å². The molecule has 1 N–H and O–H groups in total. The molecule has 8 aromatic carbocycles. The van der Waals surface area contributed by atoms with Crippen molar-refractivity contribution in [2.24, 2.45) is 0 Å². The van der Waals surface area contributed by atoms with Crippen molar-refractivity contribution in [2.75, 3.05) is 0 Å². The molecule has 1 aliphatic rings. The molecule has 0 bridgehead atoms. The van der Waals surface area contributed by atoms with Crippen LogP contribution in [0.5, 0.6) is 0 Å². The lowest BCUT2D eigenvalue weighted by atomic mass is 9.90. The normalized spacial score (nSPS) is 14.7. The van der Waals surface area contributed by atoms with E-state index in [4.69, 9.17) is 0 Å². The Morgan fingerprint density at radius 1 is 0.429 bits per heavy atom. The van der Waals surface area contributed by atoms with E-state index in [-0.39, 0.29) is 6.04 Å². The van der Waals surface area contributed by atoms with Crippen molar-refractivity contribution in [1.82, 2.24) is 9.88 Å². The van der Waals surface area contributed by atoms with E-state index in [1.54, 1.807) is 0 Å². The molecule has 0 amide bonds. The van der Waals surface area contributed by atoms with Crippen LogP contribution >= 0.6 is 0 Å². The minimum atomic E-state index is -0.0135. The zero-order valence-electron chi connectivity index (χ0n) is 26.8. The summed E-state index contributed by atoms with van der Waals surface area (Å²) in [5, 5.41) is 14.1. The predicted octanol–water partition coefficient (Wildman–Crippen LogP) is 12.0. The van der Waals surface area contributed by atoms with E-state index in [1.165, 1.54) is 82.1 Å². The maximum Gasteiger partial charge on any atom is 0.0713 e. The average molecular weight is 625 g/mol. The summed E-state index contributed by atoms with van der Waals surface area (Å²) in [4.78, 5) is 0. The Hall–Kier alpha value is -6.38. The number of benzene rings is 8. The Morgan fingerprint density at radius 3 is 1.59 bits per heavy atom. The van der Waals surface area contributed by atoms with Gasteiger partial charge < -0.3 is 9.88 Å². The number of nitrogens with zero attached hydrogens (tertiary/aromatic N) is 1. The number of rotatable bonds is 4. The molecule has 0 saturated heterocycles. The summed E-state index contributed by atoms with van der Waals surface area (Å²) >= 11 is 0. The summed E-state index contributed by atoms with van der Waals surface area (Å²) in [7, 11) is 0. The van der Waals surface area contributed by atoms with Crippen molar-refractivity contribution >= 4 is 65.4 Å². The molecule has 2 heteroatoms. The topological polar surface area (TPSA) is 17.0 Å². The summed E-state index contributed by atoms with van der Waals surface area (Å²) in [5.74, 6) is 0. The summed E-state index contributed by atoms with van der Waals surface area (Å²) in [6.45, 7) is 0. The third-order valence-corrected chi connectivity index (χ3v) is 10.2. The monoisotopic (exact) mass is 624 g/mol. The summed E-state index contributed by atoms with van der Waals surface area (Å²) in [6, 6.07) is 61.6. The van der Waals surface area contributed by atoms with Crippen LogP contribution in [0.15, 0.2) is 182 Å². The number of hydrogen-bond acceptors (Lipinski definition) is 1. The van der Waals surface area contributed by atoms with E-state index in [0.717, 1.165) is 5.70 Å². The largest absolute Gasteiger partial charge is 0.374 e. The van der Waals surface area contributed by atoms with Crippen molar-refractivity contribution in [1.29, 1.82) is 0 Å². The zero-order valence-corrected chi connectivity index (χ0v) is 26.8. The number of hydrogen-bond donors (Lipinski definition) is 1. The molecule has 1 unspecified atom stereocenters. The quantitative estimate of drug-likeness (QED) is 0.206. The molecule has 9 aromatic rings. The lowest BCUT2D eigenvalue weighted by molar-refractivity contribution is 0.773. The summed E-state index contributed by atoms with van der Waals surface area (Å²) in [6.07, 6.45) is 4.66. The summed E-state index contributed by atoms with van der Waals surface area (Å²) < 4.78 is 2.49. The van der Waals surface area contributed by atoms with Crippen LogP contribution in [-0.4, -0.2) is 4.57 Å². The minimum absolute atomic E-state index is 0.0135. The van der Waals surface area contributed by atoms with Crippen LogP contribution < -0.4 is 5.32 Å². The van der Waals surface area contributed by atoms with E-state index in [9.17, 15) is 0 Å². The molecule has 0 radical (unpaired) electrons. The van der Waals surface area contributed by atoms with Crippen LogP contribution in [0.3, 0.4) is 0 Å². The first kappa shape index (κ1) is 27.7. The first-order chi connectivity index (χ1) is 24.3. The third-order valence-electron chi connectivity index (χ3n) is 10.2. The zero-order chi connectivity index (χ0) is 32.3. The van der Waals surface area contributed by atoms with Crippen LogP contribution in [0.4, 0.5) is 0 Å². The van der Waals surface area contributed by atoms with Crippen LogP contribution in [-0.2, 0) is 0 Å². The fourth-order valence-corrected chi connectivity index (χ4v) is 7.98. The van der Waals surface area contributed by atoms with E-state index < -0.39 is 0 Å². The van der Waals surface area contributed by atoms with Crippen molar-refractivity contribution in [3.05, 3.63) is 199 Å². The fourth-order valence-electron chi connectivity index (χ4n) is 7.98. The van der Waals surface area contributed by atoms with Gasteiger partial charge in [-0.05, 0) is 79.5 Å². The molecular formula is C47H32N2. The number of dihydropyridines is 1. The Balaban J connectivity index is 1.22. The molecule has 2 nitrogen and oxygen atoms in total. The molecule has 0 aliphatic carbocycles. The molecule has 1 aliphatic heterocycles. The van der Waals surface area contributed by atoms with Gasteiger partial charge in [-0.2, -0.15) is 0 Å². The summed E-state index contributed by atoms with van der Waals surface area (Å²) in [5.41, 5.74) is 9.63. The van der Waals surface area contributed by atoms with Crippen LogP contribution in [0, 0.1) is 0 Å². The Bertz CT molecular complexity index is 2690. The van der Waals surface area contributed by atoms with Gasteiger partial charge >= 0.3 is 0 Å². The Kier molecular flexibility index (Phi) is 6.28. The fraction of sp³-hybridized carbons (Fsp3) is 0.0213. The van der Waals surface area contributed by atoms with Gasteiger partial charge in [0.15, 0.2) is 0 Å². The van der Waals surface area contributed by atoms with Gasteiger partial charge in [-0.15, -0.1) is 0 Å². The van der Waals surface area contributed by atoms with Crippen molar-refractivity contribution in [2.45, 2.75) is 6.04 Å². The molecule has 0 saturated carbocycles. The van der Waals surface area contributed by atoms with Crippen molar-refractivity contribution < 1.29 is 0 Å². The average Bonchev–Trinajstić information content (AvgIpc) is 3.53. The molecule has 2 heterocycles. The maximum absolute atomic E-state index is 3.91. The number of fused-ring (bicyclic) bond motifs is 8. The van der Waals surface area contributed by atoms with E-state index >= 15 is 0 Å². The second kappa shape index (κ2) is 11.1. The molecular weight excluding hydrogens is 593 g/mol. The number of nitrogens with one attached hydrogen (secondary N) is 1. The minimum Gasteiger partial charge on any atom is -0.374 e. The highest BCUT2D eigenvalue weighted by Crippen LogP contribution is 2.43. The van der Waals surface area contributed by atoms with Gasteiger partial charge in [0.2, 0.25) is 0 Å². The predicted molar refractivity (Wildman–Crippen MR) is 208 cm³/mol. The highest BCUT2D eigenvalue weighted by atomic mass is 15.0. The first-order valence-electron chi connectivity index (χ1n) is 17.0. The number of allylic oxidation sites excluding steroid dienone is 2. The highest BCUT2D eigenvalue weighted by Gasteiger charge is 2.23. The SMILES string of the molecule is C1=C(c2ccccc2)C=C(c2ccccc2)NC1c1ccc(-n2c3ccc4ccccc4c3c3c4ccccc4ccc32)c2ccccc12. The second-order valence-electron chi connectivity index (χ2n) is 13.0. The van der Waals surface area contributed by atoms with Gasteiger partial charge in [0.1, 0.15) is 0 Å². The van der Waals surface area contributed by atoms with Gasteiger partial charge in [0.05, 0.1) is 22.8 Å². The molecule has 1 atom stereocenters. The van der Waals surface area contributed by atoms with Gasteiger partial charge in [-0.25, -0.2) is 0 Å².